The van der Waals surface area contributed by atoms with Crippen molar-refractivity contribution in [3.05, 3.63) is 83.2 Å². The summed E-state index contributed by atoms with van der Waals surface area (Å²) >= 11 is 0. The van der Waals surface area contributed by atoms with E-state index in [1.807, 2.05) is 45.2 Å². The van der Waals surface area contributed by atoms with Crippen LogP contribution < -0.4 is 4.57 Å². The summed E-state index contributed by atoms with van der Waals surface area (Å²) in [6.07, 6.45) is 0. The molecule has 2 heterocycles. The van der Waals surface area contributed by atoms with Gasteiger partial charge >= 0.3 is 0 Å². The van der Waals surface area contributed by atoms with Gasteiger partial charge in [-0.1, -0.05) is 44.1 Å². The van der Waals surface area contributed by atoms with Crippen LogP contribution in [0.3, 0.4) is 0 Å². The lowest BCUT2D eigenvalue weighted by molar-refractivity contribution is -0.633. The minimum absolute atomic E-state index is 0.651. The minimum atomic E-state index is -2.24. The summed E-state index contributed by atoms with van der Waals surface area (Å²) in [6.45, 7) is 3.57. The summed E-state index contributed by atoms with van der Waals surface area (Å²) in [5, 5.41) is 1.15. The van der Waals surface area contributed by atoms with Gasteiger partial charge in [-0.25, -0.2) is 0 Å². The molecule has 2 aromatic heterocycles. The van der Waals surface area contributed by atoms with Crippen LogP contribution in [-0.4, -0.2) is 4.98 Å². The van der Waals surface area contributed by atoms with Crippen molar-refractivity contribution < 1.29 is 8.68 Å². The molecule has 0 N–H and O–H groups in total. The maximum Gasteiger partial charge on any atom is 0.213 e. The molecule has 0 aliphatic heterocycles. The first-order chi connectivity index (χ1) is 14.6. The maximum atomic E-state index is 8.56. The van der Waals surface area contributed by atoms with Crippen molar-refractivity contribution in [3.8, 4) is 22.4 Å². The average molecular weight is 369 g/mol. The first-order valence-corrected chi connectivity index (χ1v) is 9.65. The summed E-state index contributed by atoms with van der Waals surface area (Å²) < 4.78 is 27.8. The lowest BCUT2D eigenvalue weighted by Crippen LogP contribution is -2.33. The molecule has 1 unspecified atom stereocenters. The Kier molecular flexibility index (Phi) is 2.89. The number of hydrogen-bond acceptors (Lipinski definition) is 1. The first-order valence-electron chi connectivity index (χ1n) is 11.2. The third-order valence-corrected chi connectivity index (χ3v) is 6.05. The molecule has 138 valence electrons. The highest BCUT2D eigenvalue weighted by Crippen LogP contribution is 2.51. The number of fused-ring (bicyclic) bond motifs is 4. The Morgan fingerprint density at radius 3 is 2.54 bits per heavy atom. The molecule has 0 spiro atoms. The Morgan fingerprint density at radius 2 is 1.71 bits per heavy atom. The van der Waals surface area contributed by atoms with Crippen LogP contribution >= 0.6 is 0 Å². The molecule has 4 aromatic rings. The molecule has 0 amide bonds. The molecule has 1 atom stereocenters. The molecular formula is C26H25N2+. The van der Waals surface area contributed by atoms with Crippen LogP contribution in [0.4, 0.5) is 0 Å². The number of aryl methyl sites for hydroxylation is 3. The van der Waals surface area contributed by atoms with Crippen molar-refractivity contribution in [2.75, 3.05) is 0 Å². The number of para-hydroxylation sites is 1. The highest BCUT2D eigenvalue weighted by molar-refractivity contribution is 5.88. The Balaban J connectivity index is 1.92. The fourth-order valence-corrected chi connectivity index (χ4v) is 4.65. The second-order valence-corrected chi connectivity index (χ2v) is 7.99. The highest BCUT2D eigenvalue weighted by Gasteiger charge is 2.41. The van der Waals surface area contributed by atoms with Crippen LogP contribution in [0.25, 0.3) is 33.3 Å². The fourth-order valence-electron chi connectivity index (χ4n) is 4.65. The predicted octanol–water partition coefficient (Wildman–Crippen LogP) is 5.65. The first kappa shape index (κ1) is 14.1. The van der Waals surface area contributed by atoms with Crippen LogP contribution in [0.2, 0.25) is 0 Å². The van der Waals surface area contributed by atoms with Crippen molar-refractivity contribution in [2.45, 2.75) is 33.0 Å². The van der Waals surface area contributed by atoms with Crippen LogP contribution in [0.1, 0.15) is 40.4 Å². The Morgan fingerprint density at radius 1 is 0.929 bits per heavy atom. The summed E-state index contributed by atoms with van der Waals surface area (Å²) in [4.78, 5) is 4.76. The molecule has 2 heteroatoms. The zero-order valence-corrected chi connectivity index (χ0v) is 16.7. The molecule has 0 bridgehead atoms. The van der Waals surface area contributed by atoms with Gasteiger partial charge in [0, 0.05) is 38.3 Å². The molecule has 1 aliphatic rings. The van der Waals surface area contributed by atoms with Crippen LogP contribution in [0.15, 0.2) is 60.7 Å². The van der Waals surface area contributed by atoms with E-state index in [9.17, 15) is 0 Å². The summed E-state index contributed by atoms with van der Waals surface area (Å²) in [5.74, 6) is 0. The van der Waals surface area contributed by atoms with E-state index in [2.05, 4.69) is 47.9 Å². The lowest BCUT2D eigenvalue weighted by atomic mass is 9.80. The van der Waals surface area contributed by atoms with Crippen molar-refractivity contribution in [3.63, 3.8) is 0 Å². The number of nitrogens with zero attached hydrogens (tertiary/aromatic N) is 2. The van der Waals surface area contributed by atoms with Gasteiger partial charge in [-0.3, -0.25) is 4.98 Å². The topological polar surface area (TPSA) is 16.8 Å². The zero-order valence-electron chi connectivity index (χ0n) is 19.7. The monoisotopic (exact) mass is 368 g/mol. The van der Waals surface area contributed by atoms with Crippen molar-refractivity contribution >= 4 is 10.9 Å². The lowest BCUT2D eigenvalue weighted by Gasteiger charge is -2.24. The van der Waals surface area contributed by atoms with Gasteiger partial charge in [0.05, 0.1) is 11.3 Å². The molecule has 0 fully saturated rings. The van der Waals surface area contributed by atoms with Crippen molar-refractivity contribution in [2.24, 2.45) is 7.05 Å². The summed E-state index contributed by atoms with van der Waals surface area (Å²) in [6, 6.07) is 20.6. The molecule has 1 aliphatic carbocycles. The van der Waals surface area contributed by atoms with Gasteiger partial charge in [-0.15, -0.1) is 0 Å². The molecular weight excluding hydrogens is 340 g/mol. The largest absolute Gasteiger partial charge is 0.257 e. The summed E-state index contributed by atoms with van der Waals surface area (Å²) in [5.41, 5.74) is 7.19. The third kappa shape index (κ3) is 2.21. The van der Waals surface area contributed by atoms with E-state index in [0.717, 1.165) is 50.1 Å². The zero-order chi connectivity index (χ0) is 22.1. The Hall–Kier alpha value is -3.00. The second kappa shape index (κ2) is 5.75. The van der Waals surface area contributed by atoms with Gasteiger partial charge in [0.25, 0.3) is 0 Å². The SMILES string of the molecule is [2H]C([2H])([2H])C1(C)c2nc(C)ccc2-c2ccc(C)c(-c3ccc4ccccc4[n+]3C)c21. The number of benzene rings is 2. The van der Waals surface area contributed by atoms with E-state index in [1.54, 1.807) is 0 Å². The van der Waals surface area contributed by atoms with Gasteiger partial charge < -0.3 is 0 Å². The standard InChI is InChI=1S/C26H25N2/c1-16-10-13-19-20-14-11-17(2)27-25(20)26(3,4)24(19)23(16)22-15-12-18-8-6-7-9-21(18)28(22)5/h6-15H,1-5H3/q+1/i3D3. The van der Waals surface area contributed by atoms with E-state index in [-0.39, 0.29) is 0 Å². The Bertz CT molecular complexity index is 1370. The van der Waals surface area contributed by atoms with E-state index >= 15 is 0 Å². The number of rotatable bonds is 1. The van der Waals surface area contributed by atoms with E-state index in [1.165, 1.54) is 0 Å². The fraction of sp³-hybridized carbons (Fsp3) is 0.231. The minimum Gasteiger partial charge on any atom is -0.257 e. The van der Waals surface area contributed by atoms with Gasteiger partial charge in [-0.2, -0.15) is 4.57 Å². The molecule has 2 nitrogen and oxygen atoms in total. The molecule has 0 saturated heterocycles. The van der Waals surface area contributed by atoms with Gasteiger partial charge in [0.1, 0.15) is 7.05 Å². The van der Waals surface area contributed by atoms with Crippen molar-refractivity contribution in [1.29, 1.82) is 0 Å². The second-order valence-electron chi connectivity index (χ2n) is 7.99. The molecule has 5 rings (SSSR count). The van der Waals surface area contributed by atoms with E-state index < -0.39 is 12.3 Å². The number of aromatic nitrogens is 2. The highest BCUT2D eigenvalue weighted by atomic mass is 14.9. The average Bonchev–Trinajstić information content (AvgIpc) is 2.98. The molecule has 28 heavy (non-hydrogen) atoms. The number of pyridine rings is 2. The maximum absolute atomic E-state index is 8.56. The van der Waals surface area contributed by atoms with Gasteiger partial charge in [-0.05, 0) is 48.7 Å². The van der Waals surface area contributed by atoms with E-state index in [0.29, 0.717) is 5.69 Å². The normalized spacial score (nSPS) is 19.6. The molecule has 0 saturated carbocycles. The number of hydrogen-bond donors (Lipinski definition) is 0. The van der Waals surface area contributed by atoms with E-state index in [4.69, 9.17) is 9.10 Å². The predicted molar refractivity (Wildman–Crippen MR) is 115 cm³/mol. The quantitative estimate of drug-likeness (QED) is 0.397. The van der Waals surface area contributed by atoms with Crippen LogP contribution in [0, 0.1) is 13.8 Å². The van der Waals surface area contributed by atoms with Gasteiger partial charge in [0.15, 0.2) is 0 Å². The Labute approximate surface area is 170 Å². The third-order valence-electron chi connectivity index (χ3n) is 6.05. The molecule has 0 radical (unpaired) electrons. The van der Waals surface area contributed by atoms with Crippen LogP contribution in [-0.2, 0) is 12.5 Å². The molecule has 2 aromatic carbocycles. The van der Waals surface area contributed by atoms with Crippen LogP contribution in [0.5, 0.6) is 0 Å². The smallest absolute Gasteiger partial charge is 0.213 e. The summed E-state index contributed by atoms with van der Waals surface area (Å²) in [7, 11) is 2.05. The van der Waals surface area contributed by atoms with Crippen molar-refractivity contribution in [1.82, 2.24) is 4.98 Å². The van der Waals surface area contributed by atoms with Gasteiger partial charge in [0.2, 0.25) is 11.2 Å².